The van der Waals surface area contributed by atoms with E-state index >= 15 is 0 Å². The van der Waals surface area contributed by atoms with Gasteiger partial charge in [-0.3, -0.25) is 9.48 Å². The standard InChI is InChI=1S/C22H19N5O/c1-23-22(28)15-27-13-12-21(26-27)18-9-5-8-17(14-18)20-11-10-19(24-25-20)16-6-3-2-4-7-16/h2-14H,15H2,1H3,(H,23,28). The molecule has 0 spiro atoms. The van der Waals surface area contributed by atoms with Crippen molar-refractivity contribution >= 4 is 5.91 Å². The molecule has 0 aliphatic rings. The first-order chi connectivity index (χ1) is 13.7. The van der Waals surface area contributed by atoms with E-state index in [1.54, 1.807) is 17.9 Å². The van der Waals surface area contributed by atoms with Crippen molar-refractivity contribution in [2.75, 3.05) is 7.05 Å². The summed E-state index contributed by atoms with van der Waals surface area (Å²) >= 11 is 0. The highest BCUT2D eigenvalue weighted by atomic mass is 16.1. The Balaban J connectivity index is 1.58. The van der Waals surface area contributed by atoms with Crippen molar-refractivity contribution in [3.8, 4) is 33.8 Å². The third kappa shape index (κ3) is 3.81. The van der Waals surface area contributed by atoms with Crippen molar-refractivity contribution in [1.82, 2.24) is 25.3 Å². The molecule has 138 valence electrons. The van der Waals surface area contributed by atoms with Crippen molar-refractivity contribution in [1.29, 1.82) is 0 Å². The Labute approximate surface area is 162 Å². The molecule has 28 heavy (non-hydrogen) atoms. The number of rotatable bonds is 5. The van der Waals surface area contributed by atoms with Crippen LogP contribution in [0.4, 0.5) is 0 Å². The molecule has 0 radical (unpaired) electrons. The Morgan fingerprint density at radius 1 is 0.821 bits per heavy atom. The van der Waals surface area contributed by atoms with Gasteiger partial charge in [0.1, 0.15) is 6.54 Å². The summed E-state index contributed by atoms with van der Waals surface area (Å²) in [6.07, 6.45) is 1.80. The minimum absolute atomic E-state index is 0.0859. The first kappa shape index (κ1) is 17.6. The summed E-state index contributed by atoms with van der Waals surface area (Å²) in [4.78, 5) is 11.5. The van der Waals surface area contributed by atoms with Crippen molar-refractivity contribution in [3.63, 3.8) is 0 Å². The molecule has 4 rings (SSSR count). The van der Waals surface area contributed by atoms with E-state index in [0.29, 0.717) is 0 Å². The maximum Gasteiger partial charge on any atom is 0.241 e. The number of hydrogen-bond acceptors (Lipinski definition) is 4. The van der Waals surface area contributed by atoms with E-state index in [9.17, 15) is 4.79 Å². The van der Waals surface area contributed by atoms with Gasteiger partial charge in [-0.2, -0.15) is 5.10 Å². The molecule has 1 N–H and O–H groups in total. The molecule has 0 aliphatic heterocycles. The van der Waals surface area contributed by atoms with Gasteiger partial charge in [0, 0.05) is 29.9 Å². The highest BCUT2D eigenvalue weighted by Crippen LogP contribution is 2.25. The minimum Gasteiger partial charge on any atom is -0.358 e. The zero-order chi connectivity index (χ0) is 19.3. The number of nitrogens with one attached hydrogen (secondary N) is 1. The summed E-state index contributed by atoms with van der Waals surface area (Å²) in [6, 6.07) is 23.8. The molecule has 2 heterocycles. The van der Waals surface area contributed by atoms with Gasteiger partial charge in [0.15, 0.2) is 0 Å². The molecule has 6 heteroatoms. The molecular formula is C22H19N5O. The fraction of sp³-hybridized carbons (Fsp3) is 0.0909. The Bertz CT molecular complexity index is 1090. The number of hydrogen-bond donors (Lipinski definition) is 1. The molecule has 2 aromatic heterocycles. The van der Waals surface area contributed by atoms with Crippen LogP contribution in [-0.2, 0) is 11.3 Å². The second-order valence-corrected chi connectivity index (χ2v) is 6.32. The average molecular weight is 369 g/mol. The smallest absolute Gasteiger partial charge is 0.241 e. The van der Waals surface area contributed by atoms with Crippen molar-refractivity contribution in [3.05, 3.63) is 79.0 Å². The minimum atomic E-state index is -0.0859. The van der Waals surface area contributed by atoms with Gasteiger partial charge < -0.3 is 5.32 Å². The zero-order valence-corrected chi connectivity index (χ0v) is 15.4. The second kappa shape index (κ2) is 7.84. The number of carbonyl (C=O) groups is 1. The Hall–Kier alpha value is -3.80. The van der Waals surface area contributed by atoms with Gasteiger partial charge in [0.25, 0.3) is 0 Å². The Morgan fingerprint density at radius 2 is 1.46 bits per heavy atom. The molecule has 0 saturated heterocycles. The normalized spacial score (nSPS) is 10.6. The van der Waals surface area contributed by atoms with Gasteiger partial charge in [-0.1, -0.05) is 48.5 Å². The van der Waals surface area contributed by atoms with Crippen molar-refractivity contribution < 1.29 is 4.79 Å². The Morgan fingerprint density at radius 3 is 2.14 bits per heavy atom. The average Bonchev–Trinajstić information content (AvgIpc) is 3.23. The predicted molar refractivity (Wildman–Crippen MR) is 108 cm³/mol. The van der Waals surface area contributed by atoms with Crippen LogP contribution in [0.2, 0.25) is 0 Å². The van der Waals surface area contributed by atoms with Crippen molar-refractivity contribution in [2.24, 2.45) is 0 Å². The van der Waals surface area contributed by atoms with E-state index in [1.165, 1.54) is 0 Å². The van der Waals surface area contributed by atoms with E-state index in [-0.39, 0.29) is 12.5 Å². The largest absolute Gasteiger partial charge is 0.358 e. The monoisotopic (exact) mass is 369 g/mol. The molecule has 2 aromatic carbocycles. The predicted octanol–water partition coefficient (Wildman–Crippen LogP) is 3.42. The zero-order valence-electron chi connectivity index (χ0n) is 15.4. The van der Waals surface area contributed by atoms with Gasteiger partial charge >= 0.3 is 0 Å². The number of nitrogens with zero attached hydrogens (tertiary/aromatic N) is 4. The number of carbonyl (C=O) groups excluding carboxylic acids is 1. The lowest BCUT2D eigenvalue weighted by atomic mass is 10.1. The quantitative estimate of drug-likeness (QED) is 0.585. The van der Waals surface area contributed by atoms with Crippen LogP contribution in [-0.4, -0.2) is 32.9 Å². The third-order valence-electron chi connectivity index (χ3n) is 4.41. The highest BCUT2D eigenvalue weighted by Gasteiger charge is 2.08. The molecule has 0 saturated carbocycles. The van der Waals surface area contributed by atoms with Gasteiger partial charge in [-0.25, -0.2) is 0 Å². The van der Waals surface area contributed by atoms with Crippen LogP contribution in [0.15, 0.2) is 79.0 Å². The lowest BCUT2D eigenvalue weighted by Crippen LogP contribution is -2.23. The molecule has 0 aliphatic carbocycles. The molecule has 6 nitrogen and oxygen atoms in total. The van der Waals surface area contributed by atoms with Crippen LogP contribution >= 0.6 is 0 Å². The van der Waals surface area contributed by atoms with E-state index in [0.717, 1.165) is 33.8 Å². The van der Waals surface area contributed by atoms with Gasteiger partial charge in [-0.05, 0) is 24.3 Å². The summed E-state index contributed by atoms with van der Waals surface area (Å²) in [5.41, 5.74) is 5.41. The first-order valence-corrected chi connectivity index (χ1v) is 8.97. The van der Waals surface area contributed by atoms with E-state index < -0.39 is 0 Å². The summed E-state index contributed by atoms with van der Waals surface area (Å²) in [5.74, 6) is -0.0859. The highest BCUT2D eigenvalue weighted by molar-refractivity contribution is 5.75. The summed E-state index contributed by atoms with van der Waals surface area (Å²) in [5, 5.41) is 15.8. The molecule has 1 amide bonds. The summed E-state index contributed by atoms with van der Waals surface area (Å²) in [6.45, 7) is 0.197. The number of aromatic nitrogens is 4. The molecule has 0 atom stereocenters. The fourth-order valence-corrected chi connectivity index (χ4v) is 2.92. The van der Waals surface area contributed by atoms with Crippen LogP contribution in [0, 0.1) is 0 Å². The lowest BCUT2D eigenvalue weighted by Gasteiger charge is -2.05. The number of benzene rings is 2. The van der Waals surface area contributed by atoms with Crippen LogP contribution in [0.5, 0.6) is 0 Å². The molecule has 0 unspecified atom stereocenters. The fourth-order valence-electron chi connectivity index (χ4n) is 2.92. The van der Waals surface area contributed by atoms with Crippen LogP contribution in [0.3, 0.4) is 0 Å². The van der Waals surface area contributed by atoms with E-state index in [4.69, 9.17) is 0 Å². The molecule has 4 aromatic rings. The number of likely N-dealkylation sites (N-methyl/N-ethyl adjacent to an activating group) is 1. The van der Waals surface area contributed by atoms with E-state index in [1.807, 2.05) is 72.8 Å². The SMILES string of the molecule is CNC(=O)Cn1ccc(-c2cccc(-c3ccc(-c4ccccc4)nn3)c2)n1. The molecular weight excluding hydrogens is 350 g/mol. The van der Waals surface area contributed by atoms with Gasteiger partial charge in [0.05, 0.1) is 17.1 Å². The molecule has 0 fully saturated rings. The summed E-state index contributed by atoms with van der Waals surface area (Å²) in [7, 11) is 1.61. The van der Waals surface area contributed by atoms with Crippen LogP contribution in [0.25, 0.3) is 33.8 Å². The first-order valence-electron chi connectivity index (χ1n) is 8.97. The van der Waals surface area contributed by atoms with Crippen LogP contribution < -0.4 is 5.32 Å². The summed E-state index contributed by atoms with van der Waals surface area (Å²) < 4.78 is 1.62. The molecule has 0 bridgehead atoms. The second-order valence-electron chi connectivity index (χ2n) is 6.32. The number of amides is 1. The maximum absolute atomic E-state index is 11.5. The third-order valence-corrected chi connectivity index (χ3v) is 4.41. The lowest BCUT2D eigenvalue weighted by molar-refractivity contribution is -0.121. The van der Waals surface area contributed by atoms with E-state index in [2.05, 4.69) is 20.6 Å². The van der Waals surface area contributed by atoms with Crippen LogP contribution in [0.1, 0.15) is 0 Å². The topological polar surface area (TPSA) is 72.7 Å². The Kier molecular flexibility index (Phi) is 4.93. The maximum atomic E-state index is 11.5. The van der Waals surface area contributed by atoms with Crippen molar-refractivity contribution in [2.45, 2.75) is 6.54 Å². The van der Waals surface area contributed by atoms with Gasteiger partial charge in [0.2, 0.25) is 5.91 Å². The van der Waals surface area contributed by atoms with Gasteiger partial charge in [-0.15, -0.1) is 10.2 Å².